The number of hydrogen-bond acceptors (Lipinski definition) is 3. The highest BCUT2D eigenvalue weighted by atomic mass is 35.5. The van der Waals surface area contributed by atoms with Gasteiger partial charge < -0.3 is 5.32 Å². The number of hydrogen-bond donors (Lipinski definition) is 1. The Morgan fingerprint density at radius 3 is 2.68 bits per heavy atom. The number of thiophene rings is 1. The van der Waals surface area contributed by atoms with Gasteiger partial charge in [0.1, 0.15) is 5.82 Å². The van der Waals surface area contributed by atoms with E-state index in [9.17, 15) is 9.18 Å². The van der Waals surface area contributed by atoms with Crippen LogP contribution >= 0.6 is 35.3 Å². The number of halogens is 3. The molecule has 3 nitrogen and oxygen atoms in total. The zero-order valence-corrected chi connectivity index (χ0v) is 16.5. The van der Waals surface area contributed by atoms with Crippen LogP contribution in [0.4, 0.5) is 4.39 Å². The first-order valence-electron chi connectivity index (χ1n) is 8.31. The molecule has 1 aromatic carbocycles. The van der Waals surface area contributed by atoms with E-state index >= 15 is 0 Å². The van der Waals surface area contributed by atoms with Crippen molar-refractivity contribution < 1.29 is 9.18 Å². The summed E-state index contributed by atoms with van der Waals surface area (Å²) in [7, 11) is 0. The second-order valence-electron chi connectivity index (χ2n) is 7.32. The molecule has 3 aliphatic rings. The van der Waals surface area contributed by atoms with E-state index in [0.717, 1.165) is 31.3 Å². The fourth-order valence-electron chi connectivity index (χ4n) is 4.25. The van der Waals surface area contributed by atoms with Crippen LogP contribution in [0.25, 0.3) is 10.1 Å². The highest BCUT2D eigenvalue weighted by Gasteiger charge is 2.48. The molecular weight excluding hydrogens is 382 g/mol. The number of carbonyl (C=O) groups is 1. The van der Waals surface area contributed by atoms with Crippen molar-refractivity contribution in [2.24, 2.45) is 5.92 Å². The van der Waals surface area contributed by atoms with Crippen molar-refractivity contribution in [3.8, 4) is 0 Å². The van der Waals surface area contributed by atoms with Gasteiger partial charge in [0.2, 0.25) is 0 Å². The lowest BCUT2D eigenvalue weighted by atomic mass is 9.72. The molecule has 3 aliphatic heterocycles. The minimum absolute atomic E-state index is 0. The van der Waals surface area contributed by atoms with Crippen LogP contribution in [0.2, 0.25) is 5.02 Å². The van der Waals surface area contributed by atoms with E-state index in [0.29, 0.717) is 15.5 Å². The molecule has 0 aliphatic carbocycles. The molecule has 5 rings (SSSR count). The number of rotatable bonds is 2. The highest BCUT2D eigenvalue weighted by molar-refractivity contribution is 7.21. The minimum atomic E-state index is -0.448. The molecule has 4 heterocycles. The third-order valence-corrected chi connectivity index (χ3v) is 7.33. The largest absolute Gasteiger partial charge is 0.346 e. The Morgan fingerprint density at radius 2 is 2.04 bits per heavy atom. The summed E-state index contributed by atoms with van der Waals surface area (Å²) in [5, 5.41) is 4.15. The topological polar surface area (TPSA) is 32.3 Å². The molecule has 7 heteroatoms. The molecule has 1 N–H and O–H groups in total. The van der Waals surface area contributed by atoms with Gasteiger partial charge in [0.25, 0.3) is 5.91 Å². The fraction of sp³-hybridized carbons (Fsp3) is 0.500. The lowest BCUT2D eigenvalue weighted by Gasteiger charge is -2.56. The van der Waals surface area contributed by atoms with E-state index < -0.39 is 5.82 Å². The number of fused-ring (bicyclic) bond motifs is 4. The molecule has 136 valence electrons. The van der Waals surface area contributed by atoms with Crippen molar-refractivity contribution in [1.82, 2.24) is 10.2 Å². The van der Waals surface area contributed by atoms with E-state index in [1.165, 1.54) is 17.4 Å². The van der Waals surface area contributed by atoms with Gasteiger partial charge in [-0.25, -0.2) is 4.39 Å². The number of carbonyl (C=O) groups excluding carboxylic acids is 1. The summed E-state index contributed by atoms with van der Waals surface area (Å²) in [6.45, 7) is 6.64. The van der Waals surface area contributed by atoms with E-state index in [1.807, 2.05) is 0 Å². The van der Waals surface area contributed by atoms with Crippen molar-refractivity contribution in [1.29, 1.82) is 0 Å². The van der Waals surface area contributed by atoms with Gasteiger partial charge in [0.05, 0.1) is 14.6 Å². The van der Waals surface area contributed by atoms with Crippen LogP contribution in [0, 0.1) is 11.7 Å². The molecule has 2 aromatic rings. The molecule has 3 fully saturated rings. The lowest BCUT2D eigenvalue weighted by molar-refractivity contribution is -0.0377. The summed E-state index contributed by atoms with van der Waals surface area (Å²) in [4.78, 5) is 15.8. The van der Waals surface area contributed by atoms with Crippen molar-refractivity contribution >= 4 is 51.3 Å². The number of piperidine rings is 3. The molecule has 3 saturated heterocycles. The van der Waals surface area contributed by atoms with E-state index in [2.05, 4.69) is 24.1 Å². The van der Waals surface area contributed by atoms with Crippen LogP contribution in [0.5, 0.6) is 0 Å². The Balaban J connectivity index is 0.00000182. The summed E-state index contributed by atoms with van der Waals surface area (Å²) in [5.41, 5.74) is -0.0305. The normalized spacial score (nSPS) is 27.1. The Kier molecular flexibility index (Phi) is 5.06. The molecular formula is C18H21Cl2FN2OS. The van der Waals surface area contributed by atoms with Crippen molar-refractivity contribution in [2.75, 3.05) is 13.1 Å². The van der Waals surface area contributed by atoms with Gasteiger partial charge in [-0.15, -0.1) is 23.7 Å². The molecule has 1 atom stereocenters. The Morgan fingerprint density at radius 1 is 1.36 bits per heavy atom. The van der Waals surface area contributed by atoms with Gasteiger partial charge in [-0.05, 0) is 63.2 Å². The first-order chi connectivity index (χ1) is 11.4. The SMILES string of the molecule is CC1(C)C(NC(=O)c2cc3ccc(F)c(Cl)c3s2)C2CCN1CC2.Cl. The summed E-state index contributed by atoms with van der Waals surface area (Å²) >= 11 is 7.29. The monoisotopic (exact) mass is 402 g/mol. The molecule has 25 heavy (non-hydrogen) atoms. The van der Waals surface area contributed by atoms with Crippen LogP contribution < -0.4 is 5.32 Å². The van der Waals surface area contributed by atoms with Gasteiger partial charge in [-0.1, -0.05) is 17.7 Å². The minimum Gasteiger partial charge on any atom is -0.346 e. The average Bonchev–Trinajstić information content (AvgIpc) is 3.00. The van der Waals surface area contributed by atoms with Crippen molar-refractivity contribution in [2.45, 2.75) is 38.3 Å². The molecule has 0 spiro atoms. The van der Waals surface area contributed by atoms with Crippen molar-refractivity contribution in [3.05, 3.63) is 33.9 Å². The predicted octanol–water partition coefficient (Wildman–Crippen LogP) is 4.72. The molecule has 1 aromatic heterocycles. The summed E-state index contributed by atoms with van der Waals surface area (Å²) in [6, 6.07) is 4.96. The molecule has 0 saturated carbocycles. The maximum Gasteiger partial charge on any atom is 0.261 e. The fourth-order valence-corrected chi connectivity index (χ4v) is 5.52. The number of nitrogens with zero attached hydrogens (tertiary/aromatic N) is 1. The number of nitrogens with one attached hydrogen (secondary N) is 1. The quantitative estimate of drug-likeness (QED) is 0.787. The third-order valence-electron chi connectivity index (χ3n) is 5.68. The molecule has 1 amide bonds. The first kappa shape index (κ1) is 18.9. The zero-order valence-electron chi connectivity index (χ0n) is 14.1. The lowest BCUT2D eigenvalue weighted by Crippen LogP contribution is -2.69. The van der Waals surface area contributed by atoms with Crippen LogP contribution in [-0.4, -0.2) is 35.5 Å². The van der Waals surface area contributed by atoms with E-state index in [4.69, 9.17) is 11.6 Å². The van der Waals surface area contributed by atoms with Crippen molar-refractivity contribution in [3.63, 3.8) is 0 Å². The van der Waals surface area contributed by atoms with Gasteiger partial charge in [0.15, 0.2) is 0 Å². The number of amides is 1. The van der Waals surface area contributed by atoms with E-state index in [-0.39, 0.29) is 34.9 Å². The number of benzene rings is 1. The second kappa shape index (κ2) is 6.69. The van der Waals surface area contributed by atoms with Gasteiger partial charge in [0, 0.05) is 11.6 Å². The average molecular weight is 403 g/mol. The third kappa shape index (κ3) is 3.05. The summed E-state index contributed by atoms with van der Waals surface area (Å²) < 4.78 is 14.2. The summed E-state index contributed by atoms with van der Waals surface area (Å²) in [6.07, 6.45) is 2.27. The Hall–Kier alpha value is -0.880. The predicted molar refractivity (Wildman–Crippen MR) is 104 cm³/mol. The Labute approximate surface area is 161 Å². The van der Waals surface area contributed by atoms with Gasteiger partial charge in [-0.2, -0.15) is 0 Å². The highest BCUT2D eigenvalue weighted by Crippen LogP contribution is 2.39. The Bertz CT molecular complexity index is 815. The molecule has 0 radical (unpaired) electrons. The van der Waals surface area contributed by atoms with Gasteiger partial charge in [-0.3, -0.25) is 9.69 Å². The second-order valence-corrected chi connectivity index (χ2v) is 8.75. The van der Waals surface area contributed by atoms with E-state index in [1.54, 1.807) is 12.1 Å². The maximum absolute atomic E-state index is 13.6. The van der Waals surface area contributed by atoms with Crippen LogP contribution in [0.15, 0.2) is 18.2 Å². The first-order valence-corrected chi connectivity index (χ1v) is 9.51. The zero-order chi connectivity index (χ0) is 17.1. The standard InChI is InChI=1S/C18H20ClFN2OS.ClH/c1-18(2)16(10-5-7-22(18)8-6-10)21-17(23)13-9-11-3-4-12(20)14(19)15(11)24-13;/h3-4,9-10,16H,5-8H2,1-2H3,(H,21,23);1H. The summed E-state index contributed by atoms with van der Waals surface area (Å²) in [5.74, 6) is 0.000332. The molecule has 1 unspecified atom stereocenters. The van der Waals surface area contributed by atoms with Gasteiger partial charge >= 0.3 is 0 Å². The van der Waals surface area contributed by atoms with Crippen LogP contribution in [-0.2, 0) is 0 Å². The molecule has 2 bridgehead atoms. The maximum atomic E-state index is 13.6. The van der Waals surface area contributed by atoms with Crippen LogP contribution in [0.3, 0.4) is 0 Å². The smallest absolute Gasteiger partial charge is 0.261 e. The van der Waals surface area contributed by atoms with Crippen LogP contribution in [0.1, 0.15) is 36.4 Å².